The summed E-state index contributed by atoms with van der Waals surface area (Å²) in [6, 6.07) is 5.17. The van der Waals surface area contributed by atoms with Gasteiger partial charge in [-0.15, -0.1) is 0 Å². The fourth-order valence-electron chi connectivity index (χ4n) is 5.56. The Balaban J connectivity index is 1.81. The molecule has 1 aliphatic heterocycles. The molecule has 9 heteroatoms. The van der Waals surface area contributed by atoms with E-state index < -0.39 is 5.91 Å². The number of hydrogen-bond acceptors (Lipinski definition) is 6. The summed E-state index contributed by atoms with van der Waals surface area (Å²) in [5.74, 6) is -0.173. The molecule has 6 N–H and O–H groups in total. The molecule has 1 saturated heterocycles. The topological polar surface area (TPSA) is 124 Å². The van der Waals surface area contributed by atoms with Gasteiger partial charge in [-0.2, -0.15) is 4.98 Å². The number of rotatable bonds is 3. The Morgan fingerprint density at radius 2 is 1.72 bits per heavy atom. The van der Waals surface area contributed by atoms with E-state index in [1.54, 1.807) is 18.2 Å². The van der Waals surface area contributed by atoms with Crippen molar-refractivity contribution in [3.05, 3.63) is 33.9 Å². The zero-order valence-corrected chi connectivity index (χ0v) is 20.0. The number of amides is 1. The van der Waals surface area contributed by atoms with Crippen molar-refractivity contribution in [2.75, 3.05) is 23.7 Å². The van der Waals surface area contributed by atoms with E-state index in [1.165, 1.54) is 6.42 Å². The highest BCUT2D eigenvalue weighted by molar-refractivity contribution is 6.44. The summed E-state index contributed by atoms with van der Waals surface area (Å²) in [5, 5.41) is 0.611. The molecule has 2 heterocycles. The fourth-order valence-corrected chi connectivity index (χ4v) is 5.95. The number of carbonyl (C=O) groups is 1. The Kier molecular flexibility index (Phi) is 6.03. The molecule has 172 valence electrons. The van der Waals surface area contributed by atoms with Crippen molar-refractivity contribution in [2.24, 2.45) is 22.3 Å². The molecular weight excluding hydrogens is 447 g/mol. The van der Waals surface area contributed by atoms with Gasteiger partial charge in [0.05, 0.1) is 15.6 Å². The second-order valence-corrected chi connectivity index (χ2v) is 10.6. The van der Waals surface area contributed by atoms with Crippen LogP contribution in [0.15, 0.2) is 18.2 Å². The van der Waals surface area contributed by atoms with Crippen LogP contribution in [0.4, 0.5) is 11.8 Å². The summed E-state index contributed by atoms with van der Waals surface area (Å²) in [7, 11) is 0. The first-order valence-electron chi connectivity index (χ1n) is 11.0. The molecule has 4 rings (SSSR count). The maximum absolute atomic E-state index is 12.4. The lowest BCUT2D eigenvalue weighted by molar-refractivity contribution is 0.0544. The van der Waals surface area contributed by atoms with Crippen LogP contribution in [0.1, 0.15) is 56.4 Å². The van der Waals surface area contributed by atoms with Gasteiger partial charge in [-0.05, 0) is 18.9 Å². The molecule has 7 nitrogen and oxygen atoms in total. The fraction of sp³-hybridized carbons (Fsp3) is 0.522. The summed E-state index contributed by atoms with van der Waals surface area (Å²) < 4.78 is 0. The molecule has 2 aromatic rings. The van der Waals surface area contributed by atoms with Crippen molar-refractivity contribution in [3.8, 4) is 11.1 Å². The average Bonchev–Trinajstić information content (AvgIpc) is 2.73. The zero-order chi connectivity index (χ0) is 23.3. The van der Waals surface area contributed by atoms with Crippen molar-refractivity contribution < 1.29 is 4.79 Å². The van der Waals surface area contributed by atoms with Crippen molar-refractivity contribution >= 4 is 40.9 Å². The molecule has 1 aromatic heterocycles. The Morgan fingerprint density at radius 3 is 2.31 bits per heavy atom. The SMILES string of the molecule is C[C@]12CCCCC[C@](C)(CN(c3nc(N)c(-c4cccc(Cl)c4Cl)c(C(N)=O)n3)C1)C2N. The monoisotopic (exact) mass is 476 g/mol. The number of fused-ring (bicyclic) bond motifs is 2. The smallest absolute Gasteiger partial charge is 0.268 e. The van der Waals surface area contributed by atoms with Gasteiger partial charge in [0.15, 0.2) is 0 Å². The van der Waals surface area contributed by atoms with Crippen molar-refractivity contribution in [3.63, 3.8) is 0 Å². The van der Waals surface area contributed by atoms with Crippen LogP contribution < -0.4 is 22.1 Å². The number of nitrogens with two attached hydrogens (primary N) is 3. The molecule has 1 unspecified atom stereocenters. The maximum Gasteiger partial charge on any atom is 0.268 e. The van der Waals surface area contributed by atoms with Crippen molar-refractivity contribution in [2.45, 2.75) is 52.0 Å². The molecule has 2 bridgehead atoms. The number of piperidine rings is 1. The molecule has 1 aliphatic carbocycles. The van der Waals surface area contributed by atoms with Gasteiger partial charge in [-0.3, -0.25) is 4.79 Å². The largest absolute Gasteiger partial charge is 0.383 e. The number of halogens is 2. The number of nitrogens with zero attached hydrogens (tertiary/aromatic N) is 3. The molecule has 2 fully saturated rings. The lowest BCUT2D eigenvalue weighted by Gasteiger charge is -2.55. The normalized spacial score (nSPS) is 28.2. The van der Waals surface area contributed by atoms with E-state index in [1.807, 2.05) is 0 Å². The van der Waals surface area contributed by atoms with Crippen LogP contribution in [0.3, 0.4) is 0 Å². The molecular formula is C23H30Cl2N6O. The molecule has 0 radical (unpaired) electrons. The van der Waals surface area contributed by atoms with Crippen LogP contribution in [0.5, 0.6) is 0 Å². The minimum absolute atomic E-state index is 0.0297. The van der Waals surface area contributed by atoms with Gasteiger partial charge >= 0.3 is 0 Å². The van der Waals surface area contributed by atoms with Crippen molar-refractivity contribution in [1.29, 1.82) is 0 Å². The third kappa shape index (κ3) is 3.91. The van der Waals surface area contributed by atoms with Crippen LogP contribution in [0.2, 0.25) is 10.0 Å². The molecule has 1 amide bonds. The Bertz CT molecular complexity index is 1040. The van der Waals surface area contributed by atoms with Crippen molar-refractivity contribution in [1.82, 2.24) is 9.97 Å². The quantitative estimate of drug-likeness (QED) is 0.607. The molecule has 1 saturated carbocycles. The van der Waals surface area contributed by atoms with E-state index in [2.05, 4.69) is 28.7 Å². The molecule has 2 aliphatic rings. The average molecular weight is 477 g/mol. The van der Waals surface area contributed by atoms with E-state index >= 15 is 0 Å². The third-order valence-corrected chi connectivity index (χ3v) is 8.08. The summed E-state index contributed by atoms with van der Waals surface area (Å²) in [5.41, 5.74) is 19.5. The minimum Gasteiger partial charge on any atom is -0.383 e. The van der Waals surface area contributed by atoms with E-state index in [0.29, 0.717) is 35.2 Å². The Morgan fingerprint density at radius 1 is 1.09 bits per heavy atom. The number of nitrogen functional groups attached to an aromatic ring is 1. The van der Waals surface area contributed by atoms with E-state index in [9.17, 15) is 4.79 Å². The lowest BCUT2D eigenvalue weighted by Crippen LogP contribution is -2.64. The van der Waals surface area contributed by atoms with Gasteiger partial charge < -0.3 is 22.1 Å². The molecule has 1 aromatic carbocycles. The first-order valence-corrected chi connectivity index (χ1v) is 11.7. The highest BCUT2D eigenvalue weighted by Crippen LogP contribution is 2.48. The predicted molar refractivity (Wildman–Crippen MR) is 130 cm³/mol. The molecule has 0 spiro atoms. The van der Waals surface area contributed by atoms with Crippen LogP contribution in [-0.2, 0) is 0 Å². The molecule has 32 heavy (non-hydrogen) atoms. The highest BCUT2D eigenvalue weighted by Gasteiger charge is 2.50. The first-order chi connectivity index (χ1) is 15.1. The Hall–Kier alpha value is -2.09. The maximum atomic E-state index is 12.4. The standard InChI is InChI=1S/C23H30Cl2N6O/c1-22-9-4-3-5-10-23(2,20(22)28)12-31(11-22)21-29-17(19(27)32)15(18(26)30-21)13-7-6-8-14(24)16(13)25/h6-8,20H,3-5,9-12,28H2,1-2H3,(H2,27,32)(H2,26,29,30)/t20?,22-,23+. The van der Waals surface area contributed by atoms with Crippen LogP contribution >= 0.6 is 23.2 Å². The van der Waals surface area contributed by atoms with E-state index in [0.717, 1.165) is 25.7 Å². The summed E-state index contributed by atoms with van der Waals surface area (Å²) >= 11 is 12.6. The summed E-state index contributed by atoms with van der Waals surface area (Å²) in [6.45, 7) is 5.87. The third-order valence-electron chi connectivity index (χ3n) is 7.26. The number of primary amides is 1. The number of benzene rings is 1. The van der Waals surface area contributed by atoms with Crippen LogP contribution in [-0.4, -0.2) is 35.0 Å². The predicted octanol–water partition coefficient (Wildman–Crippen LogP) is 4.26. The van der Waals surface area contributed by atoms with Gasteiger partial charge in [0.2, 0.25) is 5.95 Å². The van der Waals surface area contributed by atoms with Crippen LogP contribution in [0.25, 0.3) is 11.1 Å². The van der Waals surface area contributed by atoms with Gasteiger partial charge in [0.1, 0.15) is 11.5 Å². The highest BCUT2D eigenvalue weighted by atomic mass is 35.5. The summed E-state index contributed by atoms with van der Waals surface area (Å²) in [4.78, 5) is 23.7. The number of carbonyl (C=O) groups excluding carboxylic acids is 1. The number of anilines is 2. The van der Waals surface area contributed by atoms with Gasteiger partial charge in [-0.1, -0.05) is 68.4 Å². The first kappa shape index (κ1) is 23.1. The number of hydrogen-bond donors (Lipinski definition) is 3. The minimum atomic E-state index is -0.702. The van der Waals surface area contributed by atoms with Gasteiger partial charge in [0, 0.05) is 35.5 Å². The van der Waals surface area contributed by atoms with Gasteiger partial charge in [0.25, 0.3) is 5.91 Å². The zero-order valence-electron chi connectivity index (χ0n) is 18.5. The van der Waals surface area contributed by atoms with E-state index in [-0.39, 0.29) is 33.4 Å². The second kappa shape index (κ2) is 8.36. The molecule has 3 atom stereocenters. The van der Waals surface area contributed by atoms with E-state index in [4.69, 9.17) is 40.4 Å². The van der Waals surface area contributed by atoms with Crippen LogP contribution in [0, 0.1) is 10.8 Å². The number of aromatic nitrogens is 2. The van der Waals surface area contributed by atoms with Gasteiger partial charge in [-0.25, -0.2) is 4.98 Å². The second-order valence-electron chi connectivity index (χ2n) is 9.80. The Labute approximate surface area is 198 Å². The summed E-state index contributed by atoms with van der Waals surface area (Å²) in [6.07, 6.45) is 5.59. The lowest BCUT2D eigenvalue weighted by atomic mass is 9.60.